The first-order valence-electron chi connectivity index (χ1n) is 12.1. The summed E-state index contributed by atoms with van der Waals surface area (Å²) in [7, 11) is 4.52. The van der Waals surface area contributed by atoms with Gasteiger partial charge in [0.1, 0.15) is 12.6 Å². The van der Waals surface area contributed by atoms with Crippen LogP contribution in [0.2, 0.25) is 0 Å². The van der Waals surface area contributed by atoms with E-state index >= 15 is 0 Å². The quantitative estimate of drug-likeness (QED) is 0.384. The van der Waals surface area contributed by atoms with Gasteiger partial charge >= 0.3 is 11.9 Å². The number of pyridine rings is 1. The van der Waals surface area contributed by atoms with Crippen molar-refractivity contribution in [2.45, 2.75) is 24.9 Å². The lowest BCUT2D eigenvalue weighted by Gasteiger charge is -2.42. The molecule has 2 aliphatic rings. The SMILES string of the molecule is COC(=O)C[C@@H]1C(=O)N(CC(=O)O)CCN1C(=O)[C@H](CC(=O)N1CCN(c2ccncc2)CC1)N(C)C.Cl. The fourth-order valence-electron chi connectivity index (χ4n) is 4.61. The molecule has 14 heteroatoms. The molecule has 1 aromatic rings. The van der Waals surface area contributed by atoms with E-state index in [9.17, 15) is 24.0 Å². The summed E-state index contributed by atoms with van der Waals surface area (Å²) in [6, 6.07) is 1.78. The number of aliphatic carboxylic acids is 1. The fraction of sp³-hybridized carbons (Fsp3) is 0.583. The number of carboxylic acids is 1. The number of nitrogens with zero attached hydrogens (tertiary/aromatic N) is 6. The number of hydrogen-bond donors (Lipinski definition) is 1. The molecule has 1 aromatic heterocycles. The molecule has 1 N–H and O–H groups in total. The van der Waals surface area contributed by atoms with E-state index in [1.54, 1.807) is 36.3 Å². The van der Waals surface area contributed by atoms with Crippen LogP contribution < -0.4 is 4.90 Å². The van der Waals surface area contributed by atoms with Gasteiger partial charge in [0, 0.05) is 57.3 Å². The number of likely N-dealkylation sites (N-methyl/N-ethyl adjacent to an activating group) is 1. The molecule has 2 fully saturated rings. The molecule has 210 valence electrons. The van der Waals surface area contributed by atoms with Gasteiger partial charge in [-0.05, 0) is 26.2 Å². The van der Waals surface area contributed by atoms with E-state index in [4.69, 9.17) is 9.84 Å². The van der Waals surface area contributed by atoms with Crippen molar-refractivity contribution in [1.82, 2.24) is 24.6 Å². The number of halogens is 1. The minimum Gasteiger partial charge on any atom is -0.480 e. The monoisotopic (exact) mass is 554 g/mol. The van der Waals surface area contributed by atoms with Crippen molar-refractivity contribution in [3.63, 3.8) is 0 Å². The number of carbonyl (C=O) groups is 5. The summed E-state index contributed by atoms with van der Waals surface area (Å²) in [5, 5.41) is 9.12. The molecule has 0 bridgehead atoms. The summed E-state index contributed by atoms with van der Waals surface area (Å²) in [6.45, 7) is 1.84. The summed E-state index contributed by atoms with van der Waals surface area (Å²) in [4.78, 5) is 74.9. The van der Waals surface area contributed by atoms with Crippen LogP contribution in [-0.4, -0.2) is 138 Å². The average Bonchev–Trinajstić information content (AvgIpc) is 2.89. The molecule has 0 spiro atoms. The van der Waals surface area contributed by atoms with Gasteiger partial charge in [-0.3, -0.25) is 33.9 Å². The Morgan fingerprint density at radius 1 is 1.08 bits per heavy atom. The standard InChI is InChI=1S/C24H34N6O7.ClH/c1-26(2)18(14-20(31)28-10-8-27(9-11-28)17-4-6-25-7-5-17)24(36)30-13-12-29(16-21(32)33)23(35)19(30)15-22(34)37-3;/h4-7,18-19H,8-16H2,1-3H3,(H,32,33);1H/t18-,19+;/m0./s1. The van der Waals surface area contributed by atoms with Crippen LogP contribution in [0.1, 0.15) is 12.8 Å². The minimum atomic E-state index is -1.20. The first-order valence-corrected chi connectivity index (χ1v) is 12.1. The van der Waals surface area contributed by atoms with Crippen molar-refractivity contribution in [1.29, 1.82) is 0 Å². The Labute approximate surface area is 227 Å². The lowest BCUT2D eigenvalue weighted by molar-refractivity contribution is -0.161. The highest BCUT2D eigenvalue weighted by Gasteiger charge is 2.42. The van der Waals surface area contributed by atoms with E-state index < -0.39 is 48.8 Å². The second-order valence-corrected chi connectivity index (χ2v) is 9.24. The van der Waals surface area contributed by atoms with Crippen LogP contribution in [0.4, 0.5) is 5.69 Å². The van der Waals surface area contributed by atoms with Crippen molar-refractivity contribution in [3.8, 4) is 0 Å². The summed E-state index contributed by atoms with van der Waals surface area (Å²) < 4.78 is 4.70. The lowest BCUT2D eigenvalue weighted by atomic mass is 10.0. The van der Waals surface area contributed by atoms with Gasteiger partial charge in [-0.25, -0.2) is 0 Å². The molecular formula is C24H35ClN6O7. The van der Waals surface area contributed by atoms with E-state index in [-0.39, 0.29) is 37.8 Å². The molecule has 2 atom stereocenters. The Morgan fingerprint density at radius 2 is 1.71 bits per heavy atom. The fourth-order valence-corrected chi connectivity index (χ4v) is 4.61. The van der Waals surface area contributed by atoms with E-state index in [1.165, 1.54) is 12.0 Å². The highest BCUT2D eigenvalue weighted by atomic mass is 35.5. The van der Waals surface area contributed by atoms with Crippen LogP contribution in [0.15, 0.2) is 24.5 Å². The minimum absolute atomic E-state index is 0. The lowest BCUT2D eigenvalue weighted by Crippen LogP contribution is -2.63. The van der Waals surface area contributed by atoms with E-state index in [1.807, 2.05) is 12.1 Å². The van der Waals surface area contributed by atoms with Crippen molar-refractivity contribution >= 4 is 47.8 Å². The van der Waals surface area contributed by atoms with Crippen molar-refractivity contribution in [3.05, 3.63) is 24.5 Å². The molecule has 3 heterocycles. The average molecular weight is 555 g/mol. The van der Waals surface area contributed by atoms with Gasteiger partial charge in [0.15, 0.2) is 0 Å². The topological polar surface area (TPSA) is 144 Å². The molecular weight excluding hydrogens is 520 g/mol. The van der Waals surface area contributed by atoms with Crippen LogP contribution in [-0.2, 0) is 28.7 Å². The number of methoxy groups -OCH3 is 1. The maximum absolute atomic E-state index is 13.6. The third-order valence-electron chi connectivity index (χ3n) is 6.72. The highest BCUT2D eigenvalue weighted by molar-refractivity contribution is 5.96. The predicted molar refractivity (Wildman–Crippen MR) is 139 cm³/mol. The maximum atomic E-state index is 13.6. The number of hydrogen-bond acceptors (Lipinski definition) is 9. The smallest absolute Gasteiger partial charge is 0.323 e. The molecule has 38 heavy (non-hydrogen) atoms. The third-order valence-corrected chi connectivity index (χ3v) is 6.72. The molecule has 0 radical (unpaired) electrons. The number of carboxylic acid groups (broad SMARTS) is 1. The summed E-state index contributed by atoms with van der Waals surface area (Å²) in [6.07, 6.45) is 2.96. The number of aromatic nitrogens is 1. The van der Waals surface area contributed by atoms with Gasteiger partial charge in [0.25, 0.3) is 0 Å². The number of esters is 1. The number of anilines is 1. The molecule has 0 unspecified atom stereocenters. The van der Waals surface area contributed by atoms with Gasteiger partial charge in [-0.1, -0.05) is 0 Å². The van der Waals surface area contributed by atoms with Crippen molar-refractivity contribution in [2.24, 2.45) is 0 Å². The number of carbonyl (C=O) groups excluding carboxylic acids is 4. The zero-order valence-electron chi connectivity index (χ0n) is 21.8. The number of ether oxygens (including phenoxy) is 1. The second kappa shape index (κ2) is 13.9. The first kappa shape index (κ1) is 30.8. The van der Waals surface area contributed by atoms with Crippen LogP contribution in [0.5, 0.6) is 0 Å². The largest absolute Gasteiger partial charge is 0.480 e. The van der Waals surface area contributed by atoms with E-state index in [2.05, 4.69) is 9.88 Å². The highest BCUT2D eigenvalue weighted by Crippen LogP contribution is 2.20. The summed E-state index contributed by atoms with van der Waals surface area (Å²) >= 11 is 0. The van der Waals surface area contributed by atoms with Crippen LogP contribution in [0.25, 0.3) is 0 Å². The van der Waals surface area contributed by atoms with Gasteiger partial charge < -0.3 is 29.4 Å². The Kier molecular flexibility index (Phi) is 11.3. The normalized spacial score (nSPS) is 18.6. The summed E-state index contributed by atoms with van der Waals surface area (Å²) in [5.41, 5.74) is 1.03. The maximum Gasteiger partial charge on any atom is 0.323 e. The van der Waals surface area contributed by atoms with Gasteiger partial charge in [0.05, 0.1) is 26.0 Å². The van der Waals surface area contributed by atoms with Crippen LogP contribution in [0.3, 0.4) is 0 Å². The van der Waals surface area contributed by atoms with Crippen molar-refractivity contribution in [2.75, 3.05) is 71.9 Å². The Hall–Kier alpha value is -3.45. The number of piperazine rings is 2. The molecule has 0 aliphatic carbocycles. The molecule has 2 saturated heterocycles. The molecule has 3 rings (SSSR count). The van der Waals surface area contributed by atoms with E-state index in [0.29, 0.717) is 26.2 Å². The molecule has 13 nitrogen and oxygen atoms in total. The number of rotatable bonds is 9. The van der Waals surface area contributed by atoms with Crippen molar-refractivity contribution < 1.29 is 33.8 Å². The molecule has 2 aliphatic heterocycles. The Balaban J connectivity index is 0.00000507. The first-order chi connectivity index (χ1) is 17.6. The van der Waals surface area contributed by atoms with E-state index in [0.717, 1.165) is 10.6 Å². The zero-order chi connectivity index (χ0) is 27.1. The molecule has 3 amide bonds. The molecule has 0 aromatic carbocycles. The van der Waals surface area contributed by atoms with Gasteiger partial charge in [0.2, 0.25) is 17.7 Å². The van der Waals surface area contributed by atoms with Gasteiger partial charge in [-0.2, -0.15) is 0 Å². The molecule has 0 saturated carbocycles. The van der Waals surface area contributed by atoms with Crippen LogP contribution in [0, 0.1) is 0 Å². The zero-order valence-corrected chi connectivity index (χ0v) is 22.6. The second-order valence-electron chi connectivity index (χ2n) is 9.24. The Bertz CT molecular complexity index is 1000. The van der Waals surface area contributed by atoms with Gasteiger partial charge in [-0.15, -0.1) is 12.4 Å². The number of amides is 3. The predicted octanol–water partition coefficient (Wildman–Crippen LogP) is -0.841. The third kappa shape index (κ3) is 7.54. The Morgan fingerprint density at radius 3 is 2.26 bits per heavy atom. The van der Waals surface area contributed by atoms with Crippen LogP contribution >= 0.6 is 12.4 Å². The summed E-state index contributed by atoms with van der Waals surface area (Å²) in [5.74, 6) is -3.17.